The van der Waals surface area contributed by atoms with Crippen LogP contribution in [0.3, 0.4) is 0 Å². The molecule has 0 aliphatic carbocycles. The van der Waals surface area contributed by atoms with Crippen LogP contribution in [0.15, 0.2) is 24.4 Å². The summed E-state index contributed by atoms with van der Waals surface area (Å²) in [6.45, 7) is 6.42. The second kappa shape index (κ2) is 7.50. The van der Waals surface area contributed by atoms with Gasteiger partial charge in [0.25, 0.3) is 0 Å². The van der Waals surface area contributed by atoms with Gasteiger partial charge in [0.05, 0.1) is 5.92 Å². The Hall–Kier alpha value is -2.64. The van der Waals surface area contributed by atoms with Gasteiger partial charge in [-0.15, -0.1) is 10.2 Å². The molecule has 3 heterocycles. The maximum Gasteiger partial charge on any atom is 0.320 e. The van der Waals surface area contributed by atoms with Gasteiger partial charge in [-0.3, -0.25) is 14.5 Å². The van der Waals surface area contributed by atoms with Crippen molar-refractivity contribution in [2.75, 3.05) is 31.5 Å². The Balaban J connectivity index is 1.67. The second-order valence-electron chi connectivity index (χ2n) is 6.18. The zero-order valence-corrected chi connectivity index (χ0v) is 14.7. The molecule has 2 aromatic rings. The molecule has 0 radical (unpaired) electrons. The van der Waals surface area contributed by atoms with Crippen LogP contribution in [0, 0.1) is 5.92 Å². The number of fused-ring (bicyclic) bond motifs is 1. The maximum absolute atomic E-state index is 12.6. The minimum absolute atomic E-state index is 0.00966. The van der Waals surface area contributed by atoms with E-state index in [-0.39, 0.29) is 17.9 Å². The lowest BCUT2D eigenvalue weighted by Crippen LogP contribution is -2.49. The van der Waals surface area contributed by atoms with Crippen molar-refractivity contribution in [1.82, 2.24) is 24.4 Å². The first-order valence-electron chi connectivity index (χ1n) is 8.78. The normalized spacial score (nSPS) is 17.5. The van der Waals surface area contributed by atoms with E-state index >= 15 is 0 Å². The van der Waals surface area contributed by atoms with E-state index in [1.165, 1.54) is 0 Å². The minimum Gasteiger partial charge on any atom is -0.325 e. The van der Waals surface area contributed by atoms with Crippen LogP contribution >= 0.6 is 0 Å². The van der Waals surface area contributed by atoms with E-state index in [2.05, 4.69) is 15.5 Å². The molecular formula is C17H24N6O2. The zero-order chi connectivity index (χ0) is 17.8. The molecule has 3 amide bonds. The lowest BCUT2D eigenvalue weighted by molar-refractivity contribution is -0.121. The Kier molecular flexibility index (Phi) is 5.16. The Labute approximate surface area is 146 Å². The quantitative estimate of drug-likeness (QED) is 0.917. The first-order valence-corrected chi connectivity index (χ1v) is 8.78. The fraction of sp³-hybridized carbons (Fsp3) is 0.529. The van der Waals surface area contributed by atoms with Crippen molar-refractivity contribution < 1.29 is 9.59 Å². The molecule has 1 aliphatic rings. The third-order valence-electron chi connectivity index (χ3n) is 4.65. The summed E-state index contributed by atoms with van der Waals surface area (Å²) in [5.41, 5.74) is 0.680. The van der Waals surface area contributed by atoms with Crippen LogP contribution < -0.4 is 5.32 Å². The number of hydrogen-bond acceptors (Lipinski definition) is 4. The highest BCUT2D eigenvalue weighted by atomic mass is 16.2. The SMILES string of the molecule is CCN(CC)C(=O)N1CCCC(C(=O)Nc2nnc3ccccn23)C1. The largest absolute Gasteiger partial charge is 0.325 e. The van der Waals surface area contributed by atoms with Crippen LogP contribution in [-0.4, -0.2) is 62.5 Å². The van der Waals surface area contributed by atoms with Crippen LogP contribution in [0.4, 0.5) is 10.7 Å². The van der Waals surface area contributed by atoms with Gasteiger partial charge in [-0.1, -0.05) is 6.07 Å². The molecule has 1 atom stereocenters. The Morgan fingerprint density at radius 1 is 1.28 bits per heavy atom. The number of carbonyl (C=O) groups excluding carboxylic acids is 2. The molecule has 3 rings (SSSR count). The molecule has 0 aromatic carbocycles. The summed E-state index contributed by atoms with van der Waals surface area (Å²) in [5, 5.41) is 10.9. The Morgan fingerprint density at radius 2 is 2.08 bits per heavy atom. The van der Waals surface area contributed by atoms with Crippen LogP contribution in [0.2, 0.25) is 0 Å². The Morgan fingerprint density at radius 3 is 2.84 bits per heavy atom. The first-order chi connectivity index (χ1) is 12.1. The number of rotatable bonds is 4. The number of nitrogens with zero attached hydrogens (tertiary/aromatic N) is 5. The van der Waals surface area contributed by atoms with Crippen molar-refractivity contribution in [1.29, 1.82) is 0 Å². The highest BCUT2D eigenvalue weighted by Gasteiger charge is 2.30. The molecule has 1 saturated heterocycles. The summed E-state index contributed by atoms with van der Waals surface area (Å²) in [4.78, 5) is 28.7. The molecule has 0 saturated carbocycles. The van der Waals surface area contributed by atoms with E-state index < -0.39 is 0 Å². The van der Waals surface area contributed by atoms with Crippen LogP contribution in [-0.2, 0) is 4.79 Å². The number of anilines is 1. The van der Waals surface area contributed by atoms with Gasteiger partial charge >= 0.3 is 6.03 Å². The van der Waals surface area contributed by atoms with Crippen LogP contribution in [0.1, 0.15) is 26.7 Å². The fourth-order valence-electron chi connectivity index (χ4n) is 3.20. The topological polar surface area (TPSA) is 82.8 Å². The number of amides is 3. The molecule has 1 N–H and O–H groups in total. The number of aromatic nitrogens is 3. The van der Waals surface area contributed by atoms with Gasteiger partial charge in [0.1, 0.15) is 0 Å². The summed E-state index contributed by atoms with van der Waals surface area (Å²) in [5.74, 6) is 0.0623. The average molecular weight is 344 g/mol. The highest BCUT2D eigenvalue weighted by molar-refractivity contribution is 5.92. The number of urea groups is 1. The summed E-state index contributed by atoms with van der Waals surface area (Å²) in [7, 11) is 0. The van der Waals surface area contributed by atoms with E-state index in [0.29, 0.717) is 37.8 Å². The second-order valence-corrected chi connectivity index (χ2v) is 6.18. The highest BCUT2D eigenvalue weighted by Crippen LogP contribution is 2.20. The van der Waals surface area contributed by atoms with E-state index in [4.69, 9.17) is 0 Å². The monoisotopic (exact) mass is 344 g/mol. The zero-order valence-electron chi connectivity index (χ0n) is 14.7. The van der Waals surface area contributed by atoms with Gasteiger partial charge < -0.3 is 9.80 Å². The van der Waals surface area contributed by atoms with Crippen molar-refractivity contribution in [2.24, 2.45) is 5.92 Å². The van der Waals surface area contributed by atoms with E-state index in [1.54, 1.807) is 14.2 Å². The smallest absolute Gasteiger partial charge is 0.320 e. The van der Waals surface area contributed by atoms with Crippen molar-refractivity contribution in [3.63, 3.8) is 0 Å². The lowest BCUT2D eigenvalue weighted by atomic mass is 9.97. The number of nitrogens with one attached hydrogen (secondary N) is 1. The number of carbonyl (C=O) groups is 2. The van der Waals surface area contributed by atoms with Crippen molar-refractivity contribution in [3.8, 4) is 0 Å². The average Bonchev–Trinajstić information content (AvgIpc) is 3.06. The third kappa shape index (κ3) is 3.57. The molecule has 8 nitrogen and oxygen atoms in total. The number of pyridine rings is 1. The number of piperidine rings is 1. The molecular weight excluding hydrogens is 320 g/mol. The molecule has 0 bridgehead atoms. The molecule has 8 heteroatoms. The van der Waals surface area contributed by atoms with E-state index in [9.17, 15) is 9.59 Å². The van der Waals surface area contributed by atoms with Crippen LogP contribution in [0.25, 0.3) is 5.65 Å². The minimum atomic E-state index is -0.232. The maximum atomic E-state index is 12.6. The van der Waals surface area contributed by atoms with Gasteiger partial charge in [0, 0.05) is 32.4 Å². The predicted octanol–water partition coefficient (Wildman–Crippen LogP) is 1.84. The molecule has 134 valence electrons. The molecule has 25 heavy (non-hydrogen) atoms. The lowest BCUT2D eigenvalue weighted by Gasteiger charge is -2.35. The van der Waals surface area contributed by atoms with E-state index in [0.717, 1.165) is 12.8 Å². The summed E-state index contributed by atoms with van der Waals surface area (Å²) in [6, 6.07) is 5.56. The van der Waals surface area contributed by atoms with Gasteiger partial charge in [-0.05, 0) is 38.8 Å². The summed E-state index contributed by atoms with van der Waals surface area (Å²) < 4.78 is 1.74. The van der Waals surface area contributed by atoms with Gasteiger partial charge in [-0.25, -0.2) is 4.79 Å². The standard InChI is InChI=1S/C17H24N6O2/c1-3-21(4-2)17(25)22-10-7-8-13(12-22)15(24)18-16-20-19-14-9-5-6-11-23(14)16/h5-6,9,11,13H,3-4,7-8,10,12H2,1-2H3,(H,18,20,24). The van der Waals surface area contributed by atoms with Gasteiger partial charge in [0.2, 0.25) is 11.9 Å². The molecule has 1 aliphatic heterocycles. The summed E-state index contributed by atoms with van der Waals surface area (Å²) in [6.07, 6.45) is 3.40. The summed E-state index contributed by atoms with van der Waals surface area (Å²) >= 11 is 0. The fourth-order valence-corrected chi connectivity index (χ4v) is 3.20. The number of likely N-dealkylation sites (tertiary alicyclic amines) is 1. The number of hydrogen-bond donors (Lipinski definition) is 1. The first kappa shape index (κ1) is 17.2. The Bertz CT molecular complexity index is 754. The third-order valence-corrected chi connectivity index (χ3v) is 4.65. The predicted molar refractivity (Wildman–Crippen MR) is 94.2 cm³/mol. The van der Waals surface area contributed by atoms with Crippen molar-refractivity contribution in [2.45, 2.75) is 26.7 Å². The van der Waals surface area contributed by atoms with E-state index in [1.807, 2.05) is 38.2 Å². The van der Waals surface area contributed by atoms with Crippen molar-refractivity contribution in [3.05, 3.63) is 24.4 Å². The van der Waals surface area contributed by atoms with Gasteiger partial charge in [-0.2, -0.15) is 0 Å². The molecule has 1 fully saturated rings. The molecule has 2 aromatic heterocycles. The van der Waals surface area contributed by atoms with Gasteiger partial charge in [0.15, 0.2) is 5.65 Å². The van der Waals surface area contributed by atoms with Crippen molar-refractivity contribution >= 4 is 23.5 Å². The van der Waals surface area contributed by atoms with Crippen LogP contribution in [0.5, 0.6) is 0 Å². The molecule has 0 spiro atoms. The molecule has 1 unspecified atom stereocenters.